The summed E-state index contributed by atoms with van der Waals surface area (Å²) in [5.41, 5.74) is 5.33. The zero-order valence-corrected chi connectivity index (χ0v) is 10.00. The molecule has 4 nitrogen and oxygen atoms in total. The van der Waals surface area contributed by atoms with Gasteiger partial charge in [-0.15, -0.1) is 0 Å². The molecule has 1 aliphatic carbocycles. The van der Waals surface area contributed by atoms with Crippen LogP contribution in [0.1, 0.15) is 45.4 Å². The molecule has 2 amide bonds. The lowest BCUT2D eigenvalue weighted by atomic mass is 9.78. The summed E-state index contributed by atoms with van der Waals surface area (Å²) in [6, 6.07) is 0. The van der Waals surface area contributed by atoms with Gasteiger partial charge in [0.25, 0.3) is 0 Å². The van der Waals surface area contributed by atoms with E-state index in [1.165, 1.54) is 0 Å². The second-order valence-electron chi connectivity index (χ2n) is 4.54. The molecule has 1 fully saturated rings. The van der Waals surface area contributed by atoms with Gasteiger partial charge in [0, 0.05) is 18.4 Å². The van der Waals surface area contributed by atoms with E-state index in [1.807, 2.05) is 0 Å². The fourth-order valence-electron chi connectivity index (χ4n) is 2.30. The molecule has 3 N–H and O–H groups in total. The molecule has 0 heterocycles. The average Bonchev–Trinajstić information content (AvgIpc) is 2.29. The molecule has 4 heteroatoms. The van der Waals surface area contributed by atoms with Crippen LogP contribution in [-0.2, 0) is 9.59 Å². The highest BCUT2D eigenvalue weighted by atomic mass is 16.2. The summed E-state index contributed by atoms with van der Waals surface area (Å²) >= 11 is 0. The van der Waals surface area contributed by atoms with Crippen molar-refractivity contribution in [1.82, 2.24) is 5.32 Å². The van der Waals surface area contributed by atoms with Crippen LogP contribution in [0.3, 0.4) is 0 Å². The van der Waals surface area contributed by atoms with Gasteiger partial charge in [-0.1, -0.05) is 26.2 Å². The van der Waals surface area contributed by atoms with E-state index in [0.29, 0.717) is 6.54 Å². The Balaban J connectivity index is 2.47. The molecule has 0 aliphatic heterocycles. The predicted octanol–water partition coefficient (Wildman–Crippen LogP) is 1.19. The van der Waals surface area contributed by atoms with Crippen LogP contribution in [0.4, 0.5) is 0 Å². The van der Waals surface area contributed by atoms with Gasteiger partial charge in [0.15, 0.2) is 0 Å². The van der Waals surface area contributed by atoms with Gasteiger partial charge in [-0.05, 0) is 19.3 Å². The van der Waals surface area contributed by atoms with E-state index >= 15 is 0 Å². The largest absolute Gasteiger partial charge is 0.369 e. The van der Waals surface area contributed by atoms with Gasteiger partial charge in [0.05, 0.1) is 0 Å². The van der Waals surface area contributed by atoms with E-state index in [-0.39, 0.29) is 23.7 Å². The van der Waals surface area contributed by atoms with E-state index in [9.17, 15) is 9.59 Å². The van der Waals surface area contributed by atoms with Crippen molar-refractivity contribution in [3.8, 4) is 0 Å². The molecule has 2 unspecified atom stereocenters. The van der Waals surface area contributed by atoms with Crippen LogP contribution in [0.2, 0.25) is 0 Å². The lowest BCUT2D eigenvalue weighted by Gasteiger charge is -2.28. The van der Waals surface area contributed by atoms with Crippen molar-refractivity contribution in [3.05, 3.63) is 0 Å². The highest BCUT2D eigenvalue weighted by molar-refractivity contribution is 5.87. The molecule has 0 aromatic carbocycles. The van der Waals surface area contributed by atoms with Crippen molar-refractivity contribution in [3.63, 3.8) is 0 Å². The first-order valence-electron chi connectivity index (χ1n) is 6.23. The summed E-state index contributed by atoms with van der Waals surface area (Å²) in [5.74, 6) is -0.759. The van der Waals surface area contributed by atoms with Gasteiger partial charge in [-0.2, -0.15) is 0 Å². The van der Waals surface area contributed by atoms with E-state index in [0.717, 1.165) is 38.5 Å². The first-order valence-corrected chi connectivity index (χ1v) is 6.23. The number of nitrogens with one attached hydrogen (secondary N) is 1. The van der Waals surface area contributed by atoms with Gasteiger partial charge in [-0.25, -0.2) is 0 Å². The Morgan fingerprint density at radius 3 is 2.44 bits per heavy atom. The second kappa shape index (κ2) is 6.51. The Labute approximate surface area is 97.0 Å². The van der Waals surface area contributed by atoms with Gasteiger partial charge < -0.3 is 11.1 Å². The zero-order valence-electron chi connectivity index (χ0n) is 10.00. The summed E-state index contributed by atoms with van der Waals surface area (Å²) < 4.78 is 0. The third-order valence-corrected chi connectivity index (χ3v) is 3.30. The van der Waals surface area contributed by atoms with Crippen molar-refractivity contribution >= 4 is 11.8 Å². The lowest BCUT2D eigenvalue weighted by molar-refractivity contribution is -0.134. The van der Waals surface area contributed by atoms with E-state index in [4.69, 9.17) is 5.73 Å². The van der Waals surface area contributed by atoms with Gasteiger partial charge >= 0.3 is 0 Å². The zero-order chi connectivity index (χ0) is 12.0. The average molecular weight is 226 g/mol. The molecular weight excluding hydrogens is 204 g/mol. The van der Waals surface area contributed by atoms with Crippen LogP contribution < -0.4 is 11.1 Å². The topological polar surface area (TPSA) is 72.2 Å². The van der Waals surface area contributed by atoms with Crippen LogP contribution in [-0.4, -0.2) is 18.4 Å². The number of nitrogens with two attached hydrogens (primary N) is 1. The maximum absolute atomic E-state index is 11.9. The Morgan fingerprint density at radius 1 is 1.25 bits per heavy atom. The first kappa shape index (κ1) is 13.0. The highest BCUT2D eigenvalue weighted by Crippen LogP contribution is 2.29. The molecule has 1 rings (SSSR count). The molecule has 0 saturated heterocycles. The minimum Gasteiger partial charge on any atom is -0.369 e. The highest BCUT2D eigenvalue weighted by Gasteiger charge is 2.34. The Morgan fingerprint density at radius 2 is 1.88 bits per heavy atom. The monoisotopic (exact) mass is 226 g/mol. The number of rotatable bonds is 5. The molecule has 1 aliphatic rings. The Kier molecular flexibility index (Phi) is 5.29. The van der Waals surface area contributed by atoms with Gasteiger partial charge in [0.2, 0.25) is 11.8 Å². The smallest absolute Gasteiger partial charge is 0.223 e. The van der Waals surface area contributed by atoms with Crippen molar-refractivity contribution in [2.24, 2.45) is 17.6 Å². The van der Waals surface area contributed by atoms with E-state index in [1.54, 1.807) is 0 Å². The van der Waals surface area contributed by atoms with Crippen molar-refractivity contribution < 1.29 is 9.59 Å². The molecular formula is C12H22N2O2. The van der Waals surface area contributed by atoms with Gasteiger partial charge in [-0.3, -0.25) is 9.59 Å². The van der Waals surface area contributed by atoms with Crippen LogP contribution >= 0.6 is 0 Å². The summed E-state index contributed by atoms with van der Waals surface area (Å²) in [5, 5.41) is 2.89. The van der Waals surface area contributed by atoms with E-state index < -0.39 is 0 Å². The first-order chi connectivity index (χ1) is 7.66. The Bertz CT molecular complexity index is 253. The quantitative estimate of drug-likeness (QED) is 0.691. The maximum Gasteiger partial charge on any atom is 0.223 e. The fourth-order valence-corrected chi connectivity index (χ4v) is 2.30. The summed E-state index contributed by atoms with van der Waals surface area (Å²) in [6.07, 6.45) is 5.64. The Hall–Kier alpha value is -1.06. The SMILES string of the molecule is CCCCNC(=O)C1CCCCC1C(N)=O. The predicted molar refractivity (Wildman–Crippen MR) is 62.6 cm³/mol. The standard InChI is InChI=1S/C12H22N2O2/c1-2-3-8-14-12(16)10-7-5-4-6-9(10)11(13)15/h9-10H,2-8H2,1H3,(H2,13,15)(H,14,16). The van der Waals surface area contributed by atoms with Crippen LogP contribution in [0.15, 0.2) is 0 Å². The van der Waals surface area contributed by atoms with E-state index in [2.05, 4.69) is 12.2 Å². The molecule has 0 aromatic heterocycles. The van der Waals surface area contributed by atoms with Crippen LogP contribution in [0.5, 0.6) is 0 Å². The molecule has 2 atom stereocenters. The normalized spacial score (nSPS) is 25.1. The summed E-state index contributed by atoms with van der Waals surface area (Å²) in [4.78, 5) is 23.1. The molecule has 0 aromatic rings. The number of hydrogen-bond acceptors (Lipinski definition) is 2. The fraction of sp³-hybridized carbons (Fsp3) is 0.833. The molecule has 0 spiro atoms. The summed E-state index contributed by atoms with van der Waals surface area (Å²) in [6.45, 7) is 2.79. The molecule has 0 bridgehead atoms. The minimum atomic E-state index is -0.324. The van der Waals surface area contributed by atoms with Crippen LogP contribution in [0.25, 0.3) is 0 Å². The molecule has 16 heavy (non-hydrogen) atoms. The maximum atomic E-state index is 11.9. The number of amides is 2. The second-order valence-corrected chi connectivity index (χ2v) is 4.54. The number of hydrogen-bond donors (Lipinski definition) is 2. The minimum absolute atomic E-state index is 0.0111. The summed E-state index contributed by atoms with van der Waals surface area (Å²) in [7, 11) is 0. The molecule has 92 valence electrons. The van der Waals surface area contributed by atoms with Crippen molar-refractivity contribution in [2.45, 2.75) is 45.4 Å². The number of unbranched alkanes of at least 4 members (excludes halogenated alkanes) is 1. The third kappa shape index (κ3) is 3.51. The number of primary amides is 1. The lowest BCUT2D eigenvalue weighted by Crippen LogP contribution is -2.42. The third-order valence-electron chi connectivity index (χ3n) is 3.30. The molecule has 0 radical (unpaired) electrons. The number of carbonyl (C=O) groups is 2. The van der Waals surface area contributed by atoms with Gasteiger partial charge in [0.1, 0.15) is 0 Å². The van der Waals surface area contributed by atoms with Crippen molar-refractivity contribution in [2.75, 3.05) is 6.54 Å². The van der Waals surface area contributed by atoms with Crippen LogP contribution in [0, 0.1) is 11.8 Å². The number of carbonyl (C=O) groups excluding carboxylic acids is 2. The van der Waals surface area contributed by atoms with Crippen molar-refractivity contribution in [1.29, 1.82) is 0 Å². The molecule has 1 saturated carbocycles.